The zero-order chi connectivity index (χ0) is 14.8. The third-order valence-corrected chi connectivity index (χ3v) is 2.98. The monoisotopic (exact) mass is 350 g/mol. The van der Waals surface area contributed by atoms with Crippen molar-refractivity contribution in [3.8, 4) is 11.4 Å². The lowest BCUT2D eigenvalue weighted by Crippen LogP contribution is -2.17. The lowest BCUT2D eigenvalue weighted by molar-refractivity contribution is -0.274. The molecule has 0 unspecified atom stereocenters. The van der Waals surface area contributed by atoms with Gasteiger partial charge in [0.2, 0.25) is 0 Å². The number of nitrogens with one attached hydrogen (secondary N) is 1. The molecule has 0 aliphatic carbocycles. The topological polar surface area (TPSA) is 52.0 Å². The van der Waals surface area contributed by atoms with Gasteiger partial charge < -0.3 is 10.1 Å². The Labute approximate surface area is 120 Å². The Morgan fingerprint density at radius 3 is 2.75 bits per heavy atom. The van der Waals surface area contributed by atoms with Crippen LogP contribution in [0.15, 0.2) is 28.9 Å². The molecule has 0 saturated heterocycles. The van der Waals surface area contributed by atoms with Crippen molar-refractivity contribution in [2.24, 2.45) is 0 Å². The van der Waals surface area contributed by atoms with Crippen LogP contribution in [0.4, 0.5) is 13.2 Å². The van der Waals surface area contributed by atoms with E-state index in [1.807, 2.05) is 0 Å². The summed E-state index contributed by atoms with van der Waals surface area (Å²) in [5.74, 6) is -0.309. The van der Waals surface area contributed by atoms with E-state index in [0.717, 1.165) is 5.69 Å². The highest BCUT2D eigenvalue weighted by atomic mass is 79.9. The van der Waals surface area contributed by atoms with Crippen molar-refractivity contribution in [3.05, 3.63) is 34.6 Å². The summed E-state index contributed by atoms with van der Waals surface area (Å²) in [6, 6.07) is 4.17. The second-order valence-electron chi connectivity index (χ2n) is 3.83. The number of rotatable bonds is 4. The molecule has 0 amide bonds. The van der Waals surface area contributed by atoms with Gasteiger partial charge in [0.1, 0.15) is 5.75 Å². The van der Waals surface area contributed by atoms with Crippen molar-refractivity contribution >= 4 is 15.9 Å². The largest absolute Gasteiger partial charge is 0.573 e. The van der Waals surface area contributed by atoms with Gasteiger partial charge >= 0.3 is 6.36 Å². The van der Waals surface area contributed by atoms with Crippen LogP contribution in [0.5, 0.6) is 5.75 Å². The van der Waals surface area contributed by atoms with Crippen molar-refractivity contribution in [1.29, 1.82) is 0 Å². The maximum absolute atomic E-state index is 12.2. The van der Waals surface area contributed by atoms with Crippen molar-refractivity contribution in [1.82, 2.24) is 20.3 Å². The maximum Gasteiger partial charge on any atom is 0.573 e. The van der Waals surface area contributed by atoms with Crippen LogP contribution in [0, 0.1) is 0 Å². The third-order valence-electron chi connectivity index (χ3n) is 2.36. The Balaban J connectivity index is 2.31. The minimum Gasteiger partial charge on any atom is -0.405 e. The van der Waals surface area contributed by atoms with Gasteiger partial charge in [-0.2, -0.15) is 0 Å². The van der Waals surface area contributed by atoms with E-state index in [1.165, 1.54) is 22.9 Å². The summed E-state index contributed by atoms with van der Waals surface area (Å²) >= 11 is 3.05. The van der Waals surface area contributed by atoms with Crippen LogP contribution < -0.4 is 10.1 Å². The Kier molecular flexibility index (Phi) is 4.29. The summed E-state index contributed by atoms with van der Waals surface area (Å²) in [6.07, 6.45) is -3.15. The summed E-state index contributed by atoms with van der Waals surface area (Å²) in [7, 11) is 1.77. The van der Waals surface area contributed by atoms with Gasteiger partial charge in [0.05, 0.1) is 22.1 Å². The van der Waals surface area contributed by atoms with Gasteiger partial charge in [-0.05, 0) is 41.2 Å². The molecule has 0 spiro atoms. The first-order valence-corrected chi connectivity index (χ1v) is 6.30. The minimum atomic E-state index is -4.73. The Morgan fingerprint density at radius 1 is 1.40 bits per heavy atom. The highest BCUT2D eigenvalue weighted by Crippen LogP contribution is 2.32. The first-order chi connectivity index (χ1) is 9.40. The first-order valence-electron chi connectivity index (χ1n) is 5.50. The second kappa shape index (κ2) is 5.80. The number of hydrogen-bond donors (Lipinski definition) is 1. The van der Waals surface area contributed by atoms with E-state index in [9.17, 15) is 13.2 Å². The van der Waals surface area contributed by atoms with Gasteiger partial charge in [0.25, 0.3) is 0 Å². The molecular weight excluding hydrogens is 341 g/mol. The third kappa shape index (κ3) is 3.48. The molecule has 0 radical (unpaired) electrons. The molecule has 0 bridgehead atoms. The lowest BCUT2D eigenvalue weighted by Gasteiger charge is -2.12. The molecule has 0 aliphatic rings. The molecule has 1 N–H and O–H groups in total. The van der Waals surface area contributed by atoms with Crippen LogP contribution in [-0.4, -0.2) is 28.4 Å². The Hall–Kier alpha value is -1.61. The maximum atomic E-state index is 12.2. The van der Waals surface area contributed by atoms with Crippen molar-refractivity contribution < 1.29 is 17.9 Å². The molecule has 1 aromatic heterocycles. The van der Waals surface area contributed by atoms with E-state index in [-0.39, 0.29) is 10.2 Å². The van der Waals surface area contributed by atoms with Crippen LogP contribution in [0.3, 0.4) is 0 Å². The fraction of sp³-hybridized carbons (Fsp3) is 0.273. The Morgan fingerprint density at radius 2 is 2.15 bits per heavy atom. The molecule has 108 valence electrons. The second-order valence-corrected chi connectivity index (χ2v) is 4.68. The molecule has 9 heteroatoms. The number of benzene rings is 1. The first kappa shape index (κ1) is 14.8. The summed E-state index contributed by atoms with van der Waals surface area (Å²) in [6.45, 7) is 0.533. The molecule has 0 atom stereocenters. The van der Waals surface area contributed by atoms with Crippen molar-refractivity contribution in [2.45, 2.75) is 12.9 Å². The van der Waals surface area contributed by atoms with E-state index >= 15 is 0 Å². The fourth-order valence-electron chi connectivity index (χ4n) is 1.60. The molecule has 20 heavy (non-hydrogen) atoms. The van der Waals surface area contributed by atoms with E-state index in [0.29, 0.717) is 12.2 Å². The zero-order valence-corrected chi connectivity index (χ0v) is 11.9. The predicted octanol–water partition coefficient (Wildman–Crippen LogP) is 2.65. The number of halogens is 4. The summed E-state index contributed by atoms with van der Waals surface area (Å²) in [5, 5.41) is 10.6. The molecule has 1 heterocycles. The van der Waals surface area contributed by atoms with Crippen LogP contribution >= 0.6 is 15.9 Å². The average Bonchev–Trinajstić information content (AvgIpc) is 2.79. The number of nitrogens with zero attached hydrogens (tertiary/aromatic N) is 3. The Bertz CT molecular complexity index is 600. The molecule has 0 fully saturated rings. The minimum absolute atomic E-state index is 0.179. The normalized spacial score (nSPS) is 11.7. The van der Waals surface area contributed by atoms with Gasteiger partial charge in [0, 0.05) is 6.54 Å². The smallest absolute Gasteiger partial charge is 0.405 e. The number of ether oxygens (including phenoxy) is 1. The molecule has 5 nitrogen and oxygen atoms in total. The van der Waals surface area contributed by atoms with E-state index in [2.05, 4.69) is 36.3 Å². The van der Waals surface area contributed by atoms with E-state index in [1.54, 1.807) is 13.2 Å². The van der Waals surface area contributed by atoms with Gasteiger partial charge in [-0.25, -0.2) is 4.68 Å². The summed E-state index contributed by atoms with van der Waals surface area (Å²) in [4.78, 5) is 0. The molecule has 2 rings (SSSR count). The molecule has 0 aliphatic heterocycles. The summed E-state index contributed by atoms with van der Waals surface area (Å²) < 4.78 is 42.1. The molecular formula is C11H10BrF3N4O. The number of hydrogen-bond acceptors (Lipinski definition) is 4. The number of aromatic nitrogens is 3. The van der Waals surface area contributed by atoms with Crippen LogP contribution in [0.25, 0.3) is 5.69 Å². The van der Waals surface area contributed by atoms with Gasteiger partial charge in [-0.15, -0.1) is 18.3 Å². The number of alkyl halides is 3. The highest BCUT2D eigenvalue weighted by Gasteiger charge is 2.32. The lowest BCUT2D eigenvalue weighted by atomic mass is 10.3. The molecule has 1 aromatic carbocycles. The summed E-state index contributed by atoms with van der Waals surface area (Å²) in [5.41, 5.74) is 1.36. The highest BCUT2D eigenvalue weighted by molar-refractivity contribution is 9.10. The standard InChI is InChI=1S/C11H10BrF3N4O/c1-16-5-8-6-17-18-19(8)7-2-3-10(9(12)4-7)20-11(13,14)15/h2-4,6,16H,5H2,1H3. The van der Waals surface area contributed by atoms with E-state index < -0.39 is 6.36 Å². The van der Waals surface area contributed by atoms with Crippen molar-refractivity contribution in [3.63, 3.8) is 0 Å². The quantitative estimate of drug-likeness (QED) is 0.920. The van der Waals surface area contributed by atoms with Crippen LogP contribution in [-0.2, 0) is 6.54 Å². The van der Waals surface area contributed by atoms with E-state index in [4.69, 9.17) is 0 Å². The average molecular weight is 351 g/mol. The molecule has 2 aromatic rings. The van der Waals surface area contributed by atoms with Gasteiger partial charge in [-0.1, -0.05) is 5.21 Å². The zero-order valence-electron chi connectivity index (χ0n) is 10.3. The predicted molar refractivity (Wildman–Crippen MR) is 68.5 cm³/mol. The van der Waals surface area contributed by atoms with Crippen molar-refractivity contribution in [2.75, 3.05) is 7.05 Å². The SMILES string of the molecule is CNCc1cnnn1-c1ccc(OC(F)(F)F)c(Br)c1. The fourth-order valence-corrected chi connectivity index (χ4v) is 2.05. The van der Waals surface area contributed by atoms with Crippen LogP contribution in [0.2, 0.25) is 0 Å². The molecule has 0 saturated carbocycles. The van der Waals surface area contributed by atoms with Gasteiger partial charge in [-0.3, -0.25) is 0 Å². The van der Waals surface area contributed by atoms with Crippen LogP contribution in [0.1, 0.15) is 5.69 Å². The van der Waals surface area contributed by atoms with Gasteiger partial charge in [0.15, 0.2) is 0 Å².